The zero-order valence-corrected chi connectivity index (χ0v) is 16.6. The summed E-state index contributed by atoms with van der Waals surface area (Å²) in [6.45, 7) is 14.9. The molecule has 0 saturated carbocycles. The summed E-state index contributed by atoms with van der Waals surface area (Å²) in [6, 6.07) is 10.4. The highest BCUT2D eigenvalue weighted by molar-refractivity contribution is 5.22. The van der Waals surface area contributed by atoms with E-state index in [9.17, 15) is 0 Å². The fraction of sp³-hybridized carbons (Fsp3) is 0.700. The summed E-state index contributed by atoms with van der Waals surface area (Å²) in [5.74, 6) is 0. The van der Waals surface area contributed by atoms with Crippen LogP contribution in [0.25, 0.3) is 0 Å². The van der Waals surface area contributed by atoms with Crippen LogP contribution < -0.4 is 5.32 Å². The van der Waals surface area contributed by atoms with Crippen LogP contribution in [0.2, 0.25) is 0 Å². The molecule has 3 heteroatoms. The van der Waals surface area contributed by atoms with Gasteiger partial charge in [0.05, 0.1) is 6.61 Å². The molecule has 0 fully saturated rings. The fourth-order valence-electron chi connectivity index (χ4n) is 1.62. The van der Waals surface area contributed by atoms with Crippen LogP contribution in [0.4, 0.5) is 0 Å². The lowest BCUT2D eigenvalue weighted by Crippen LogP contribution is -2.32. The standard InChI is InChI=1S/C10H15N.C9H20O.CH4O.H2/c1-10(2,11-3)9-7-5-4-6-8-9;1-5-6-7-10-8-9(2,3)4;1-2;/h4-8,11H,1-3H3;5-8H2,1-4H3;2H,1H3;1H. The molecule has 0 aliphatic carbocycles. The van der Waals surface area contributed by atoms with Gasteiger partial charge < -0.3 is 15.2 Å². The molecule has 1 rings (SSSR count). The van der Waals surface area contributed by atoms with Crippen molar-refractivity contribution >= 4 is 0 Å². The van der Waals surface area contributed by atoms with Crippen LogP contribution in [0, 0.1) is 5.41 Å². The van der Waals surface area contributed by atoms with Gasteiger partial charge in [0.2, 0.25) is 0 Å². The SMILES string of the molecule is CCCCOCC(C)(C)C.CNC(C)(C)c1ccccc1.CO.[HH]. The second kappa shape index (κ2) is 13.5. The lowest BCUT2D eigenvalue weighted by atomic mass is 9.95. The topological polar surface area (TPSA) is 41.5 Å². The van der Waals surface area contributed by atoms with Crippen LogP contribution in [0.1, 0.15) is 61.4 Å². The number of hydrogen-bond acceptors (Lipinski definition) is 3. The molecule has 0 aliphatic heterocycles. The number of rotatable bonds is 6. The highest BCUT2D eigenvalue weighted by Crippen LogP contribution is 2.17. The van der Waals surface area contributed by atoms with E-state index >= 15 is 0 Å². The van der Waals surface area contributed by atoms with Crippen molar-refractivity contribution in [2.75, 3.05) is 27.4 Å². The fourth-order valence-corrected chi connectivity index (χ4v) is 1.62. The van der Waals surface area contributed by atoms with E-state index in [-0.39, 0.29) is 6.97 Å². The summed E-state index contributed by atoms with van der Waals surface area (Å²) in [7, 11) is 2.98. The predicted octanol–water partition coefficient (Wildman–Crippen LogP) is 4.84. The van der Waals surface area contributed by atoms with E-state index in [1.54, 1.807) is 0 Å². The van der Waals surface area contributed by atoms with Crippen LogP contribution in [-0.4, -0.2) is 32.5 Å². The summed E-state index contributed by atoms with van der Waals surface area (Å²) in [5, 5.41) is 10.3. The van der Waals surface area contributed by atoms with E-state index in [0.717, 1.165) is 20.3 Å². The summed E-state index contributed by atoms with van der Waals surface area (Å²) >= 11 is 0. The molecule has 23 heavy (non-hydrogen) atoms. The largest absolute Gasteiger partial charge is 0.400 e. The average molecular weight is 328 g/mol. The van der Waals surface area contributed by atoms with Gasteiger partial charge in [0.1, 0.15) is 0 Å². The number of hydrogen-bond donors (Lipinski definition) is 2. The number of ether oxygens (including phenoxy) is 1. The van der Waals surface area contributed by atoms with Gasteiger partial charge in [-0.1, -0.05) is 64.4 Å². The molecule has 138 valence electrons. The Balaban J connectivity index is -0.000000322. The molecule has 0 atom stereocenters. The Labute approximate surface area is 145 Å². The first kappa shape index (κ1) is 24.4. The van der Waals surface area contributed by atoms with Gasteiger partial charge in [-0.3, -0.25) is 0 Å². The second-order valence-corrected chi connectivity index (χ2v) is 7.21. The summed E-state index contributed by atoms with van der Waals surface area (Å²) in [6.07, 6.45) is 2.42. The summed E-state index contributed by atoms with van der Waals surface area (Å²) in [5.41, 5.74) is 1.73. The van der Waals surface area contributed by atoms with Gasteiger partial charge in [-0.2, -0.15) is 0 Å². The maximum absolute atomic E-state index is 7.00. The third kappa shape index (κ3) is 14.4. The van der Waals surface area contributed by atoms with Gasteiger partial charge in [-0.15, -0.1) is 0 Å². The van der Waals surface area contributed by atoms with E-state index < -0.39 is 0 Å². The van der Waals surface area contributed by atoms with E-state index in [1.807, 2.05) is 13.1 Å². The van der Waals surface area contributed by atoms with Crippen molar-refractivity contribution in [3.05, 3.63) is 35.9 Å². The molecule has 1 aromatic carbocycles. The third-order valence-corrected chi connectivity index (χ3v) is 3.30. The smallest absolute Gasteiger partial charge is 0.0514 e. The monoisotopic (exact) mass is 327 g/mol. The first-order chi connectivity index (χ1) is 10.7. The van der Waals surface area contributed by atoms with Crippen LogP contribution in [-0.2, 0) is 10.3 Å². The highest BCUT2D eigenvalue weighted by atomic mass is 16.5. The van der Waals surface area contributed by atoms with Gasteiger partial charge in [0.15, 0.2) is 0 Å². The number of benzene rings is 1. The Morgan fingerprint density at radius 1 is 1.04 bits per heavy atom. The molecule has 0 amide bonds. The van der Waals surface area contributed by atoms with Gasteiger partial charge in [0, 0.05) is 20.7 Å². The predicted molar refractivity (Wildman–Crippen MR) is 104 cm³/mol. The molecule has 2 N–H and O–H groups in total. The molecule has 0 saturated heterocycles. The van der Waals surface area contributed by atoms with E-state index in [1.165, 1.54) is 18.4 Å². The number of nitrogens with one attached hydrogen (secondary N) is 1. The van der Waals surface area contributed by atoms with E-state index in [2.05, 4.69) is 71.1 Å². The van der Waals surface area contributed by atoms with E-state index in [0.29, 0.717) is 5.41 Å². The van der Waals surface area contributed by atoms with Crippen molar-refractivity contribution in [1.82, 2.24) is 5.32 Å². The molecule has 1 aromatic rings. The molecule has 0 bridgehead atoms. The van der Waals surface area contributed by atoms with Gasteiger partial charge >= 0.3 is 0 Å². The lowest BCUT2D eigenvalue weighted by molar-refractivity contribution is 0.0694. The zero-order chi connectivity index (χ0) is 18.4. The summed E-state index contributed by atoms with van der Waals surface area (Å²) < 4.78 is 5.44. The molecule has 3 nitrogen and oxygen atoms in total. The normalized spacial score (nSPS) is 11.0. The minimum absolute atomic E-state index is 0. The first-order valence-electron chi connectivity index (χ1n) is 8.50. The van der Waals surface area contributed by atoms with Crippen molar-refractivity contribution in [2.24, 2.45) is 5.41 Å². The number of aliphatic hydroxyl groups is 1. The Morgan fingerprint density at radius 3 is 1.96 bits per heavy atom. The first-order valence-corrected chi connectivity index (χ1v) is 8.50. The average Bonchev–Trinajstić information content (AvgIpc) is 2.54. The molecular weight excluding hydrogens is 286 g/mol. The Kier molecular flexibility index (Phi) is 14.3. The molecule has 0 unspecified atom stereocenters. The van der Waals surface area contributed by atoms with Crippen LogP contribution in [0.3, 0.4) is 0 Å². The van der Waals surface area contributed by atoms with Gasteiger partial charge in [0.25, 0.3) is 0 Å². The van der Waals surface area contributed by atoms with Crippen molar-refractivity contribution in [3.63, 3.8) is 0 Å². The Bertz CT molecular complexity index is 362. The summed E-state index contributed by atoms with van der Waals surface area (Å²) in [4.78, 5) is 0. The van der Waals surface area contributed by atoms with Crippen LogP contribution in [0.15, 0.2) is 30.3 Å². The second-order valence-electron chi connectivity index (χ2n) is 7.21. The van der Waals surface area contributed by atoms with Crippen molar-refractivity contribution in [2.45, 2.75) is 59.9 Å². The minimum atomic E-state index is 0. The number of unbranched alkanes of at least 4 members (excludes halogenated alkanes) is 1. The molecule has 0 radical (unpaired) electrons. The molecular formula is C20H41NO2. The van der Waals surface area contributed by atoms with Crippen molar-refractivity contribution in [1.29, 1.82) is 0 Å². The number of aliphatic hydroxyl groups excluding tert-OH is 1. The van der Waals surface area contributed by atoms with Gasteiger partial charge in [-0.05, 0) is 38.3 Å². The third-order valence-electron chi connectivity index (χ3n) is 3.30. The lowest BCUT2D eigenvalue weighted by Gasteiger charge is -2.24. The van der Waals surface area contributed by atoms with Crippen molar-refractivity contribution in [3.8, 4) is 0 Å². The van der Waals surface area contributed by atoms with Crippen LogP contribution >= 0.6 is 0 Å². The minimum Gasteiger partial charge on any atom is -0.400 e. The van der Waals surface area contributed by atoms with E-state index in [4.69, 9.17) is 9.84 Å². The molecule has 0 aromatic heterocycles. The Hall–Kier alpha value is -0.900. The zero-order valence-electron chi connectivity index (χ0n) is 16.6. The van der Waals surface area contributed by atoms with Crippen LogP contribution in [0.5, 0.6) is 0 Å². The quantitative estimate of drug-likeness (QED) is 0.734. The highest BCUT2D eigenvalue weighted by Gasteiger charge is 2.15. The van der Waals surface area contributed by atoms with Crippen molar-refractivity contribution < 1.29 is 11.3 Å². The Morgan fingerprint density at radius 2 is 1.57 bits per heavy atom. The molecule has 0 heterocycles. The molecule has 0 spiro atoms. The maximum atomic E-state index is 7.00. The maximum Gasteiger partial charge on any atom is 0.0514 e. The van der Waals surface area contributed by atoms with Gasteiger partial charge in [-0.25, -0.2) is 0 Å². The molecule has 0 aliphatic rings.